The lowest BCUT2D eigenvalue weighted by atomic mass is 10.4. The van der Waals surface area contributed by atoms with E-state index in [1.165, 1.54) is 0 Å². The van der Waals surface area contributed by atoms with Gasteiger partial charge in [-0.1, -0.05) is 19.6 Å². The van der Waals surface area contributed by atoms with Crippen molar-refractivity contribution in [2.45, 2.75) is 31.5 Å². The van der Waals surface area contributed by atoms with Crippen molar-refractivity contribution in [3.05, 3.63) is 0 Å². The topological polar surface area (TPSA) is 60.7 Å². The fourth-order valence-corrected chi connectivity index (χ4v) is 1.94. The monoisotopic (exact) mass is 164 g/mol. The molecule has 0 aliphatic rings. The van der Waals surface area contributed by atoms with Crippen LogP contribution in [0.2, 0.25) is 19.6 Å². The van der Waals surface area contributed by atoms with E-state index in [2.05, 4.69) is 0 Å². The van der Waals surface area contributed by atoms with Gasteiger partial charge in [-0.25, -0.2) is 0 Å². The standard InChI is InChI=1S/C6H16O3Si/c1-10(2,3)6(9)5(8)4-7/h5-9H,4H2,1-3H3. The molecular weight excluding hydrogens is 148 g/mol. The van der Waals surface area contributed by atoms with Crippen LogP contribution in [-0.4, -0.2) is 41.8 Å². The van der Waals surface area contributed by atoms with Crippen LogP contribution < -0.4 is 0 Å². The van der Waals surface area contributed by atoms with Crippen molar-refractivity contribution in [1.82, 2.24) is 0 Å². The zero-order chi connectivity index (χ0) is 8.36. The van der Waals surface area contributed by atoms with Crippen LogP contribution in [0.25, 0.3) is 0 Å². The third-order valence-electron chi connectivity index (χ3n) is 1.44. The Morgan fingerprint density at radius 1 is 1.20 bits per heavy atom. The Labute approximate surface area is 62.3 Å². The van der Waals surface area contributed by atoms with Gasteiger partial charge >= 0.3 is 0 Å². The quantitative estimate of drug-likeness (QED) is 0.496. The van der Waals surface area contributed by atoms with Crippen LogP contribution >= 0.6 is 0 Å². The summed E-state index contributed by atoms with van der Waals surface area (Å²) < 4.78 is 0. The zero-order valence-electron chi connectivity index (χ0n) is 6.70. The Bertz CT molecular complexity index is 99.7. The van der Waals surface area contributed by atoms with E-state index in [0.717, 1.165) is 0 Å². The van der Waals surface area contributed by atoms with Gasteiger partial charge in [0.15, 0.2) is 0 Å². The summed E-state index contributed by atoms with van der Waals surface area (Å²) in [7, 11) is -1.70. The first kappa shape index (κ1) is 10.1. The molecule has 10 heavy (non-hydrogen) atoms. The Balaban J connectivity index is 3.94. The Morgan fingerprint density at radius 2 is 1.60 bits per heavy atom. The summed E-state index contributed by atoms with van der Waals surface area (Å²) in [6.45, 7) is 5.47. The molecule has 0 saturated heterocycles. The second kappa shape index (κ2) is 3.48. The predicted molar refractivity (Wildman–Crippen MR) is 42.4 cm³/mol. The summed E-state index contributed by atoms with van der Waals surface area (Å²) in [5, 5.41) is 26.8. The maximum Gasteiger partial charge on any atom is 0.0999 e. The van der Waals surface area contributed by atoms with Gasteiger partial charge in [0, 0.05) is 0 Å². The average molecular weight is 164 g/mol. The van der Waals surface area contributed by atoms with Gasteiger partial charge in [-0.3, -0.25) is 0 Å². The Hall–Kier alpha value is 0.0969. The number of hydrogen-bond acceptors (Lipinski definition) is 3. The minimum Gasteiger partial charge on any atom is -0.394 e. The van der Waals surface area contributed by atoms with Crippen LogP contribution in [0.15, 0.2) is 0 Å². The van der Waals surface area contributed by atoms with Gasteiger partial charge in [-0.05, 0) is 0 Å². The lowest BCUT2D eigenvalue weighted by Crippen LogP contribution is -2.47. The van der Waals surface area contributed by atoms with Gasteiger partial charge in [-0.15, -0.1) is 0 Å². The molecular formula is C6H16O3Si. The van der Waals surface area contributed by atoms with E-state index in [0.29, 0.717) is 0 Å². The average Bonchev–Trinajstić information content (AvgIpc) is 1.83. The molecule has 62 valence electrons. The molecule has 0 radical (unpaired) electrons. The van der Waals surface area contributed by atoms with E-state index in [1.807, 2.05) is 19.6 Å². The second-order valence-electron chi connectivity index (χ2n) is 3.56. The molecule has 0 aromatic rings. The molecule has 0 aliphatic heterocycles. The highest BCUT2D eigenvalue weighted by Gasteiger charge is 2.30. The molecule has 3 nitrogen and oxygen atoms in total. The largest absolute Gasteiger partial charge is 0.394 e. The van der Waals surface area contributed by atoms with E-state index < -0.39 is 19.9 Å². The summed E-state index contributed by atoms with van der Waals surface area (Å²) in [6, 6.07) is 0. The minimum atomic E-state index is -1.70. The molecule has 0 heterocycles. The van der Waals surface area contributed by atoms with Gasteiger partial charge < -0.3 is 15.3 Å². The summed E-state index contributed by atoms with van der Waals surface area (Å²) >= 11 is 0. The first-order valence-corrected chi connectivity index (χ1v) is 6.94. The number of aliphatic hydroxyl groups excluding tert-OH is 3. The highest BCUT2D eigenvalue weighted by Crippen LogP contribution is 2.10. The maximum absolute atomic E-state index is 9.31. The molecule has 0 rings (SSSR count). The molecule has 2 atom stereocenters. The van der Waals surface area contributed by atoms with Crippen molar-refractivity contribution < 1.29 is 15.3 Å². The van der Waals surface area contributed by atoms with Crippen LogP contribution in [0.1, 0.15) is 0 Å². The lowest BCUT2D eigenvalue weighted by Gasteiger charge is -2.26. The molecule has 0 fully saturated rings. The fourth-order valence-electron chi connectivity index (χ4n) is 0.677. The van der Waals surface area contributed by atoms with Crippen molar-refractivity contribution in [3.8, 4) is 0 Å². The summed E-state index contributed by atoms with van der Waals surface area (Å²) in [5.41, 5.74) is -0.725. The van der Waals surface area contributed by atoms with Gasteiger partial charge in [0.1, 0.15) is 0 Å². The molecule has 0 spiro atoms. The van der Waals surface area contributed by atoms with Gasteiger partial charge in [0.2, 0.25) is 0 Å². The van der Waals surface area contributed by atoms with Gasteiger partial charge in [0.05, 0.1) is 26.5 Å². The highest BCUT2D eigenvalue weighted by atomic mass is 28.3. The molecule has 0 amide bonds. The van der Waals surface area contributed by atoms with E-state index in [4.69, 9.17) is 10.2 Å². The minimum absolute atomic E-state index is 0.356. The first-order valence-electron chi connectivity index (χ1n) is 3.36. The van der Waals surface area contributed by atoms with Crippen molar-refractivity contribution >= 4 is 8.07 Å². The van der Waals surface area contributed by atoms with Crippen LogP contribution in [0.4, 0.5) is 0 Å². The third kappa shape index (κ3) is 2.79. The summed E-state index contributed by atoms with van der Waals surface area (Å²) in [5.74, 6) is 0. The Morgan fingerprint density at radius 3 is 1.70 bits per heavy atom. The van der Waals surface area contributed by atoms with Crippen LogP contribution in [0, 0.1) is 0 Å². The van der Waals surface area contributed by atoms with Crippen LogP contribution in [-0.2, 0) is 0 Å². The smallest absolute Gasteiger partial charge is 0.0999 e. The van der Waals surface area contributed by atoms with Crippen molar-refractivity contribution in [1.29, 1.82) is 0 Å². The van der Waals surface area contributed by atoms with Crippen LogP contribution in [0.5, 0.6) is 0 Å². The lowest BCUT2D eigenvalue weighted by molar-refractivity contribution is 0.0197. The third-order valence-corrected chi connectivity index (χ3v) is 3.60. The maximum atomic E-state index is 9.31. The van der Waals surface area contributed by atoms with Crippen LogP contribution in [0.3, 0.4) is 0 Å². The van der Waals surface area contributed by atoms with E-state index in [1.54, 1.807) is 0 Å². The van der Waals surface area contributed by atoms with E-state index in [-0.39, 0.29) is 6.61 Å². The number of aliphatic hydroxyl groups is 3. The van der Waals surface area contributed by atoms with Gasteiger partial charge in [-0.2, -0.15) is 0 Å². The number of rotatable bonds is 3. The van der Waals surface area contributed by atoms with Crippen molar-refractivity contribution in [2.24, 2.45) is 0 Å². The van der Waals surface area contributed by atoms with E-state index in [9.17, 15) is 5.11 Å². The Kier molecular flexibility index (Phi) is 3.51. The van der Waals surface area contributed by atoms with Crippen molar-refractivity contribution in [2.75, 3.05) is 6.61 Å². The molecule has 2 unspecified atom stereocenters. The number of hydrogen-bond donors (Lipinski definition) is 3. The first-order chi connectivity index (χ1) is 4.39. The molecule has 3 N–H and O–H groups in total. The fraction of sp³-hybridized carbons (Fsp3) is 1.00. The molecule has 0 bridgehead atoms. The summed E-state index contributed by atoms with van der Waals surface area (Å²) in [6.07, 6.45) is -0.966. The van der Waals surface area contributed by atoms with E-state index >= 15 is 0 Å². The van der Waals surface area contributed by atoms with Gasteiger partial charge in [0.25, 0.3) is 0 Å². The second-order valence-corrected chi connectivity index (χ2v) is 8.88. The molecule has 0 aromatic heterocycles. The predicted octanol–water partition coefficient (Wildman–Crippen LogP) is -0.422. The normalized spacial score (nSPS) is 18.6. The molecule has 4 heteroatoms. The molecule has 0 aliphatic carbocycles. The summed E-state index contributed by atoms with van der Waals surface area (Å²) in [4.78, 5) is 0. The molecule has 0 aromatic carbocycles. The van der Waals surface area contributed by atoms with Crippen molar-refractivity contribution in [3.63, 3.8) is 0 Å². The highest BCUT2D eigenvalue weighted by molar-refractivity contribution is 6.77. The SMILES string of the molecule is C[Si](C)(C)C(O)C(O)CO. The molecule has 0 saturated carbocycles. The zero-order valence-corrected chi connectivity index (χ0v) is 7.70.